The number of likely N-dealkylation sites (tertiary alicyclic amines) is 1. The summed E-state index contributed by atoms with van der Waals surface area (Å²) in [5.41, 5.74) is 1.82. The first-order chi connectivity index (χ1) is 19.9. The molecule has 1 atom stereocenters. The third-order valence-electron chi connectivity index (χ3n) is 6.43. The van der Waals surface area contributed by atoms with Crippen LogP contribution in [0.4, 0.5) is 0 Å². The van der Waals surface area contributed by atoms with Crippen LogP contribution in [-0.2, 0) is 46.4 Å². The van der Waals surface area contributed by atoms with Crippen LogP contribution in [0.1, 0.15) is 17.5 Å². The monoisotopic (exact) mass is 602 g/mol. The van der Waals surface area contributed by atoms with Crippen LogP contribution >= 0.6 is 0 Å². The molecule has 1 saturated heterocycles. The Morgan fingerprint density at radius 3 is 1.88 bits per heavy atom. The Morgan fingerprint density at radius 2 is 1.45 bits per heavy atom. The van der Waals surface area contributed by atoms with Gasteiger partial charge in [0.1, 0.15) is 0 Å². The van der Waals surface area contributed by atoms with Gasteiger partial charge in [-0.05, 0) is 23.9 Å². The molecule has 0 bridgehead atoms. The van der Waals surface area contributed by atoms with Gasteiger partial charge in [-0.3, -0.25) is 9.80 Å². The molecular formula is C32H50N2O7Si. The van der Waals surface area contributed by atoms with E-state index in [1.54, 1.807) is 14.2 Å². The van der Waals surface area contributed by atoms with E-state index < -0.39 is 19.6 Å². The molecule has 2 aromatic rings. The molecule has 1 unspecified atom stereocenters. The topological polar surface area (TPSA) is 86.8 Å². The molecular weight excluding hydrogens is 552 g/mol. The molecule has 0 saturated carbocycles. The van der Waals surface area contributed by atoms with Gasteiger partial charge < -0.3 is 23.7 Å². The van der Waals surface area contributed by atoms with Crippen molar-refractivity contribution in [2.75, 3.05) is 61.5 Å². The molecule has 1 heterocycles. The van der Waals surface area contributed by atoms with Gasteiger partial charge in [0.2, 0.25) is 0 Å². The molecule has 1 aliphatic rings. The van der Waals surface area contributed by atoms with Crippen molar-refractivity contribution in [3.8, 4) is 0 Å². The largest absolute Gasteiger partial charge is 0.490 e. The highest BCUT2D eigenvalue weighted by Gasteiger charge is 2.46. The number of benzene rings is 2. The Bertz CT molecular complexity index is 1050. The van der Waals surface area contributed by atoms with Gasteiger partial charge in [0.25, 0.3) is 0 Å². The Morgan fingerprint density at radius 1 is 0.881 bits per heavy atom. The molecule has 2 aromatic carbocycles. The molecule has 3 rings (SSSR count). The Balaban J connectivity index is 0.000000339. The molecule has 0 aliphatic carbocycles. The molecule has 1 fully saturated rings. The number of esters is 2. The van der Waals surface area contributed by atoms with Gasteiger partial charge in [-0.1, -0.05) is 80.3 Å². The fraction of sp³-hybridized carbons (Fsp3) is 0.500. The third kappa shape index (κ3) is 13.8. The number of hydrogen-bond acceptors (Lipinski definition) is 9. The summed E-state index contributed by atoms with van der Waals surface area (Å²) >= 11 is 0. The minimum atomic E-state index is -1.07. The second kappa shape index (κ2) is 19.2. The molecule has 234 valence electrons. The van der Waals surface area contributed by atoms with Crippen LogP contribution in [0.5, 0.6) is 0 Å². The lowest BCUT2D eigenvalue weighted by atomic mass is 10.0. The van der Waals surface area contributed by atoms with Gasteiger partial charge in [-0.15, -0.1) is 0 Å². The highest BCUT2D eigenvalue weighted by Crippen LogP contribution is 2.27. The zero-order valence-corrected chi connectivity index (χ0v) is 27.7. The van der Waals surface area contributed by atoms with Crippen LogP contribution in [0, 0.1) is 0 Å². The Kier molecular flexibility index (Phi) is 16.9. The zero-order valence-electron chi connectivity index (χ0n) is 26.7. The van der Waals surface area contributed by atoms with Gasteiger partial charge in [-0.2, -0.15) is 0 Å². The van der Waals surface area contributed by atoms with E-state index in [0.717, 1.165) is 26.4 Å². The van der Waals surface area contributed by atoms with E-state index in [9.17, 15) is 9.59 Å². The van der Waals surface area contributed by atoms with Crippen LogP contribution in [0.2, 0.25) is 19.6 Å². The fourth-order valence-electron chi connectivity index (χ4n) is 4.48. The van der Waals surface area contributed by atoms with Gasteiger partial charge >= 0.3 is 11.9 Å². The van der Waals surface area contributed by atoms with Gasteiger partial charge in [-0.25, -0.2) is 9.59 Å². The Hall–Kier alpha value is -3.02. The lowest BCUT2D eigenvalue weighted by molar-refractivity contribution is -0.164. The van der Waals surface area contributed by atoms with E-state index in [2.05, 4.69) is 88.0 Å². The van der Waals surface area contributed by atoms with Crippen LogP contribution in [0.25, 0.3) is 0 Å². The maximum Gasteiger partial charge on any atom is 0.372 e. The molecule has 0 amide bonds. The number of methoxy groups -OCH3 is 5. The molecule has 0 spiro atoms. The highest BCUT2D eigenvalue weighted by atomic mass is 28.3. The van der Waals surface area contributed by atoms with Crippen molar-refractivity contribution in [3.63, 3.8) is 0 Å². The van der Waals surface area contributed by atoms with Crippen molar-refractivity contribution in [2.45, 2.75) is 44.8 Å². The van der Waals surface area contributed by atoms with Crippen molar-refractivity contribution in [2.24, 2.45) is 0 Å². The predicted octanol–water partition coefficient (Wildman–Crippen LogP) is 4.74. The number of nitrogens with zero attached hydrogens (tertiary/aromatic N) is 2. The summed E-state index contributed by atoms with van der Waals surface area (Å²) in [6.07, 6.45) is 1.86. The number of ether oxygens (including phenoxy) is 5. The lowest BCUT2D eigenvalue weighted by Crippen LogP contribution is -2.44. The number of hydrogen-bond donors (Lipinski definition) is 0. The van der Waals surface area contributed by atoms with E-state index in [1.165, 1.54) is 38.6 Å². The molecule has 42 heavy (non-hydrogen) atoms. The van der Waals surface area contributed by atoms with Crippen molar-refractivity contribution in [3.05, 3.63) is 84.1 Å². The quantitative estimate of drug-likeness (QED) is 0.112. The standard InChI is InChI=1S/C14H19NO3.C13H23NOSi.C5H8O3/c1-17-13(16)14(18-2)8-9-15(11-14)10-12-6-4-3-5-7-12;1-15-11-14(12-16(2,3)4)10-13-8-6-5-7-9-13;1-4(7-2)5(6)8-3/h3-7H,8-11H2,1-2H3;5-9H,10-12H2,1-4H3;1H2,2-3H3. The SMILES string of the molecule is C=C(OC)C(=O)OC.COC(=O)C1(OC)CCN(Cc2ccccc2)C1.COCN(Cc1ccccc1)C[Si](C)(C)C. The molecule has 0 N–H and O–H groups in total. The summed E-state index contributed by atoms with van der Waals surface area (Å²) in [5, 5.41) is 0. The smallest absolute Gasteiger partial charge is 0.372 e. The van der Waals surface area contributed by atoms with Crippen LogP contribution in [-0.4, -0.2) is 97.0 Å². The average Bonchev–Trinajstić information content (AvgIpc) is 3.41. The molecule has 1 aliphatic heterocycles. The Labute approximate surface area is 253 Å². The zero-order chi connectivity index (χ0) is 31.6. The van der Waals surface area contributed by atoms with E-state index in [4.69, 9.17) is 14.2 Å². The first-order valence-electron chi connectivity index (χ1n) is 13.9. The third-order valence-corrected chi connectivity index (χ3v) is 7.82. The van der Waals surface area contributed by atoms with Crippen molar-refractivity contribution >= 4 is 20.0 Å². The summed E-state index contributed by atoms with van der Waals surface area (Å²) in [5.74, 6) is -0.791. The molecule has 0 aromatic heterocycles. The van der Waals surface area contributed by atoms with Gasteiger partial charge in [0.15, 0.2) is 11.4 Å². The maximum absolute atomic E-state index is 11.8. The van der Waals surface area contributed by atoms with E-state index >= 15 is 0 Å². The first kappa shape index (κ1) is 37.0. The molecule has 10 heteroatoms. The molecule has 9 nitrogen and oxygen atoms in total. The number of rotatable bonds is 12. The van der Waals surface area contributed by atoms with Gasteiger partial charge in [0, 0.05) is 46.8 Å². The minimum Gasteiger partial charge on any atom is -0.490 e. The van der Waals surface area contributed by atoms with Crippen molar-refractivity contribution in [1.29, 1.82) is 0 Å². The fourth-order valence-corrected chi connectivity index (χ4v) is 6.02. The summed E-state index contributed by atoms with van der Waals surface area (Å²) in [7, 11) is 6.31. The van der Waals surface area contributed by atoms with E-state index in [-0.39, 0.29) is 11.7 Å². The summed E-state index contributed by atoms with van der Waals surface area (Å²) in [6, 6.07) is 20.8. The van der Waals surface area contributed by atoms with E-state index in [1.807, 2.05) is 18.2 Å². The maximum atomic E-state index is 11.8. The summed E-state index contributed by atoms with van der Waals surface area (Å²) < 4.78 is 24.2. The van der Waals surface area contributed by atoms with Crippen LogP contribution < -0.4 is 0 Å². The normalized spacial score (nSPS) is 16.4. The second-order valence-electron chi connectivity index (χ2n) is 11.2. The van der Waals surface area contributed by atoms with Crippen molar-refractivity contribution < 1.29 is 33.3 Å². The summed E-state index contributed by atoms with van der Waals surface area (Å²) in [4.78, 5) is 26.7. The molecule has 0 radical (unpaired) electrons. The number of carbonyl (C=O) groups excluding carboxylic acids is 2. The highest BCUT2D eigenvalue weighted by molar-refractivity contribution is 6.76. The second-order valence-corrected chi connectivity index (χ2v) is 16.6. The summed E-state index contributed by atoms with van der Waals surface area (Å²) in [6.45, 7) is 14.4. The van der Waals surface area contributed by atoms with E-state index in [0.29, 0.717) is 13.0 Å². The van der Waals surface area contributed by atoms with Gasteiger partial charge in [0.05, 0.1) is 36.1 Å². The average molecular weight is 603 g/mol. The van der Waals surface area contributed by atoms with Crippen LogP contribution in [0.3, 0.4) is 0 Å². The first-order valence-corrected chi connectivity index (χ1v) is 17.6. The minimum absolute atomic E-state index is 0.0208. The number of carbonyl (C=O) groups is 2. The predicted molar refractivity (Wildman–Crippen MR) is 168 cm³/mol. The van der Waals surface area contributed by atoms with Crippen molar-refractivity contribution in [1.82, 2.24) is 9.80 Å². The van der Waals surface area contributed by atoms with Crippen LogP contribution in [0.15, 0.2) is 73.0 Å². The lowest BCUT2D eigenvalue weighted by Gasteiger charge is -2.28.